The number of rotatable bonds is 4. The summed E-state index contributed by atoms with van der Waals surface area (Å²) in [5.41, 5.74) is 1.37. The first kappa shape index (κ1) is 13.3. The van der Waals surface area contributed by atoms with Gasteiger partial charge in [0.05, 0.1) is 4.92 Å². The number of nitrogens with zero attached hydrogens (tertiary/aromatic N) is 1. The van der Waals surface area contributed by atoms with Crippen molar-refractivity contribution in [3.63, 3.8) is 0 Å². The fraction of sp³-hybridized carbons (Fsp3) is 0.667. The van der Waals surface area contributed by atoms with Crippen molar-refractivity contribution in [2.75, 3.05) is 0 Å². The maximum Gasteiger partial charge on any atom is 0.269 e. The molecule has 0 heterocycles. The molecule has 1 aromatic rings. The number of hydrogen-bond donors (Lipinski definition) is 0. The van der Waals surface area contributed by atoms with E-state index in [1.54, 1.807) is 12.1 Å². The van der Waals surface area contributed by atoms with Gasteiger partial charge in [-0.1, -0.05) is 12.1 Å². The molecule has 0 atom stereocenters. The first-order valence-electron chi connectivity index (χ1n) is 8.42. The summed E-state index contributed by atoms with van der Waals surface area (Å²) in [6.45, 7) is 0. The lowest BCUT2D eigenvalue weighted by Gasteiger charge is -2.54. The molecule has 1 aromatic carbocycles. The fourth-order valence-corrected chi connectivity index (χ4v) is 5.67. The Bertz CT molecular complexity index is 526. The molecule has 4 aliphatic rings. The van der Waals surface area contributed by atoms with E-state index < -0.39 is 0 Å². The average Bonchev–Trinajstić information content (AvgIpc) is 2.46. The van der Waals surface area contributed by atoms with E-state index in [0.717, 1.165) is 41.6 Å². The third kappa shape index (κ3) is 2.47. The molecule has 0 aromatic heterocycles. The van der Waals surface area contributed by atoms with Gasteiger partial charge in [0.25, 0.3) is 5.69 Å². The lowest BCUT2D eigenvalue weighted by atomic mass is 9.51. The van der Waals surface area contributed by atoms with Crippen molar-refractivity contribution in [2.45, 2.75) is 44.9 Å². The van der Waals surface area contributed by atoms with Crippen molar-refractivity contribution in [3.05, 3.63) is 39.9 Å². The molecular formula is C18H23NO2. The SMILES string of the molecule is O=[N+]([O-])c1cccc(CCC2C3CC4CC(C3)CC2C4)c1. The molecule has 0 aliphatic heterocycles. The van der Waals surface area contributed by atoms with Gasteiger partial charge in [-0.3, -0.25) is 10.1 Å². The normalized spacial score (nSPS) is 36.9. The van der Waals surface area contributed by atoms with Crippen LogP contribution in [0.3, 0.4) is 0 Å². The van der Waals surface area contributed by atoms with E-state index in [-0.39, 0.29) is 10.6 Å². The summed E-state index contributed by atoms with van der Waals surface area (Å²) in [4.78, 5) is 10.6. The molecule has 3 nitrogen and oxygen atoms in total. The van der Waals surface area contributed by atoms with Crippen LogP contribution in [0.15, 0.2) is 24.3 Å². The molecule has 3 heteroatoms. The Kier molecular flexibility index (Phi) is 3.24. The minimum absolute atomic E-state index is 0.234. The summed E-state index contributed by atoms with van der Waals surface area (Å²) < 4.78 is 0. The first-order valence-corrected chi connectivity index (χ1v) is 8.42. The maximum atomic E-state index is 10.9. The molecule has 4 bridgehead atoms. The highest BCUT2D eigenvalue weighted by Gasteiger charge is 2.47. The van der Waals surface area contributed by atoms with Crippen LogP contribution in [0.1, 0.15) is 44.1 Å². The molecule has 5 rings (SSSR count). The van der Waals surface area contributed by atoms with Crippen LogP contribution in [0.25, 0.3) is 0 Å². The summed E-state index contributed by atoms with van der Waals surface area (Å²) in [6, 6.07) is 7.22. The molecular weight excluding hydrogens is 262 g/mol. The van der Waals surface area contributed by atoms with E-state index in [9.17, 15) is 10.1 Å². The smallest absolute Gasteiger partial charge is 0.258 e. The minimum Gasteiger partial charge on any atom is -0.258 e. The Labute approximate surface area is 125 Å². The molecule has 0 spiro atoms. The highest BCUT2D eigenvalue weighted by molar-refractivity contribution is 5.34. The van der Waals surface area contributed by atoms with E-state index in [2.05, 4.69) is 0 Å². The molecule has 4 saturated carbocycles. The van der Waals surface area contributed by atoms with E-state index in [1.165, 1.54) is 38.5 Å². The molecule has 0 saturated heterocycles. The van der Waals surface area contributed by atoms with Gasteiger partial charge in [-0.05, 0) is 80.1 Å². The molecule has 0 unspecified atom stereocenters. The fourth-order valence-electron chi connectivity index (χ4n) is 5.67. The lowest BCUT2D eigenvalue weighted by Crippen LogP contribution is -2.45. The van der Waals surface area contributed by atoms with Gasteiger partial charge >= 0.3 is 0 Å². The lowest BCUT2D eigenvalue weighted by molar-refractivity contribution is -0.384. The summed E-state index contributed by atoms with van der Waals surface area (Å²) in [7, 11) is 0. The standard InChI is InChI=1S/C18H23NO2/c20-19(21)17-3-1-2-12(11-17)4-5-18-15-7-13-6-14(9-15)10-16(18)8-13/h1-3,11,13-16,18H,4-10H2. The number of non-ortho nitro benzene ring substituents is 1. The van der Waals surface area contributed by atoms with Crippen LogP contribution >= 0.6 is 0 Å². The Morgan fingerprint density at radius 1 is 1.05 bits per heavy atom. The Morgan fingerprint density at radius 2 is 1.71 bits per heavy atom. The zero-order valence-electron chi connectivity index (χ0n) is 12.4. The second-order valence-corrected chi connectivity index (χ2v) is 7.56. The second-order valence-electron chi connectivity index (χ2n) is 7.56. The van der Waals surface area contributed by atoms with Crippen LogP contribution in [-0.4, -0.2) is 4.92 Å². The highest BCUT2D eigenvalue weighted by atomic mass is 16.6. The molecule has 4 aliphatic carbocycles. The molecule has 0 amide bonds. The zero-order chi connectivity index (χ0) is 14.4. The van der Waals surface area contributed by atoms with E-state index >= 15 is 0 Å². The molecule has 21 heavy (non-hydrogen) atoms. The Morgan fingerprint density at radius 3 is 2.33 bits per heavy atom. The van der Waals surface area contributed by atoms with Crippen molar-refractivity contribution >= 4 is 5.69 Å². The largest absolute Gasteiger partial charge is 0.269 e. The summed E-state index contributed by atoms with van der Waals surface area (Å²) >= 11 is 0. The number of aryl methyl sites for hydroxylation is 1. The van der Waals surface area contributed by atoms with Crippen LogP contribution < -0.4 is 0 Å². The van der Waals surface area contributed by atoms with E-state index in [0.29, 0.717) is 0 Å². The average molecular weight is 285 g/mol. The molecule has 4 fully saturated rings. The predicted octanol–water partition coefficient (Wildman–Crippen LogP) is 4.60. The number of benzene rings is 1. The predicted molar refractivity (Wildman–Crippen MR) is 82.0 cm³/mol. The van der Waals surface area contributed by atoms with Crippen LogP contribution in [0, 0.1) is 39.7 Å². The van der Waals surface area contributed by atoms with Crippen molar-refractivity contribution in [3.8, 4) is 0 Å². The molecule has 0 N–H and O–H groups in total. The van der Waals surface area contributed by atoms with Gasteiger partial charge in [0.15, 0.2) is 0 Å². The van der Waals surface area contributed by atoms with E-state index in [4.69, 9.17) is 0 Å². The Balaban J connectivity index is 1.43. The van der Waals surface area contributed by atoms with Gasteiger partial charge in [0.1, 0.15) is 0 Å². The van der Waals surface area contributed by atoms with Gasteiger partial charge in [-0.25, -0.2) is 0 Å². The topological polar surface area (TPSA) is 43.1 Å². The first-order chi connectivity index (χ1) is 10.2. The quantitative estimate of drug-likeness (QED) is 0.599. The van der Waals surface area contributed by atoms with Gasteiger partial charge in [-0.2, -0.15) is 0 Å². The highest BCUT2D eigenvalue weighted by Crippen LogP contribution is 2.57. The summed E-state index contributed by atoms with van der Waals surface area (Å²) in [5.74, 6) is 4.86. The van der Waals surface area contributed by atoms with Crippen molar-refractivity contribution in [1.29, 1.82) is 0 Å². The van der Waals surface area contributed by atoms with Crippen LogP contribution in [0.2, 0.25) is 0 Å². The monoisotopic (exact) mass is 285 g/mol. The van der Waals surface area contributed by atoms with Gasteiger partial charge < -0.3 is 0 Å². The third-order valence-electron chi connectivity index (χ3n) is 6.31. The van der Waals surface area contributed by atoms with Crippen molar-refractivity contribution in [2.24, 2.45) is 29.6 Å². The molecule has 112 valence electrons. The minimum atomic E-state index is -0.285. The van der Waals surface area contributed by atoms with E-state index in [1.807, 2.05) is 12.1 Å². The molecule has 0 radical (unpaired) electrons. The zero-order valence-corrected chi connectivity index (χ0v) is 12.4. The third-order valence-corrected chi connectivity index (χ3v) is 6.31. The number of hydrogen-bond acceptors (Lipinski definition) is 2. The van der Waals surface area contributed by atoms with Gasteiger partial charge in [-0.15, -0.1) is 0 Å². The van der Waals surface area contributed by atoms with Crippen LogP contribution in [0.5, 0.6) is 0 Å². The Hall–Kier alpha value is -1.38. The van der Waals surface area contributed by atoms with Crippen molar-refractivity contribution < 1.29 is 4.92 Å². The van der Waals surface area contributed by atoms with Crippen LogP contribution in [-0.2, 0) is 6.42 Å². The van der Waals surface area contributed by atoms with Crippen molar-refractivity contribution in [1.82, 2.24) is 0 Å². The number of nitro benzene ring substituents is 1. The summed E-state index contributed by atoms with van der Waals surface area (Å²) in [5, 5.41) is 10.9. The maximum absolute atomic E-state index is 10.9. The summed E-state index contributed by atoms with van der Waals surface area (Å²) in [6.07, 6.45) is 9.60. The second kappa shape index (κ2) is 5.11. The van der Waals surface area contributed by atoms with Gasteiger partial charge in [0, 0.05) is 12.1 Å². The van der Waals surface area contributed by atoms with Crippen LogP contribution in [0.4, 0.5) is 5.69 Å². The van der Waals surface area contributed by atoms with Gasteiger partial charge in [0.2, 0.25) is 0 Å². The number of nitro groups is 1.